The topological polar surface area (TPSA) is 78.4 Å². The number of aliphatic hydroxyl groups excluding tert-OH is 1. The first-order valence-corrected chi connectivity index (χ1v) is 9.13. The third kappa shape index (κ3) is 4.09. The molecular formula is C20H20N2O3S. The van der Waals surface area contributed by atoms with Crippen LogP contribution in [0.1, 0.15) is 22.8 Å². The number of amides is 2. The Kier molecular flexibility index (Phi) is 5.35. The fourth-order valence-corrected chi connectivity index (χ4v) is 3.88. The highest BCUT2D eigenvalue weighted by Crippen LogP contribution is 2.29. The summed E-state index contributed by atoms with van der Waals surface area (Å²) in [6.45, 7) is 3.81. The Labute approximate surface area is 155 Å². The van der Waals surface area contributed by atoms with E-state index in [9.17, 15) is 14.7 Å². The molecule has 26 heavy (non-hydrogen) atoms. The predicted octanol–water partition coefficient (Wildman–Crippen LogP) is 3.31. The molecule has 0 saturated carbocycles. The van der Waals surface area contributed by atoms with Crippen molar-refractivity contribution in [2.45, 2.75) is 20.0 Å². The molecule has 134 valence electrons. The van der Waals surface area contributed by atoms with E-state index in [1.165, 1.54) is 11.3 Å². The van der Waals surface area contributed by atoms with Gasteiger partial charge >= 0.3 is 11.8 Å². The fraction of sp³-hybridized carbons (Fsp3) is 0.200. The Morgan fingerprint density at radius 1 is 1.08 bits per heavy atom. The van der Waals surface area contributed by atoms with Gasteiger partial charge in [-0.05, 0) is 53.9 Å². The van der Waals surface area contributed by atoms with Crippen molar-refractivity contribution in [3.63, 3.8) is 0 Å². The van der Waals surface area contributed by atoms with Crippen LogP contribution >= 0.6 is 11.3 Å². The largest absolute Gasteiger partial charge is 0.387 e. The number of fused-ring (bicyclic) bond motifs is 1. The lowest BCUT2D eigenvalue weighted by Crippen LogP contribution is -2.37. The first kappa shape index (κ1) is 18.1. The molecule has 6 heteroatoms. The van der Waals surface area contributed by atoms with Crippen molar-refractivity contribution in [1.82, 2.24) is 5.32 Å². The number of aryl methyl sites for hydroxylation is 2. The number of rotatable bonds is 4. The summed E-state index contributed by atoms with van der Waals surface area (Å²) in [5.74, 6) is -1.53. The van der Waals surface area contributed by atoms with E-state index in [0.717, 1.165) is 26.8 Å². The first-order valence-electron chi connectivity index (χ1n) is 8.25. The molecule has 3 N–H and O–H groups in total. The van der Waals surface area contributed by atoms with Gasteiger partial charge in [-0.25, -0.2) is 0 Å². The van der Waals surface area contributed by atoms with Crippen LogP contribution in [-0.4, -0.2) is 23.5 Å². The minimum atomic E-state index is -0.871. The molecular weight excluding hydrogens is 348 g/mol. The van der Waals surface area contributed by atoms with E-state index in [1.807, 2.05) is 49.6 Å². The Morgan fingerprint density at radius 2 is 1.77 bits per heavy atom. The number of carbonyl (C=O) groups excluding carboxylic acids is 2. The van der Waals surface area contributed by atoms with Crippen molar-refractivity contribution in [1.29, 1.82) is 0 Å². The SMILES string of the molecule is Cc1cc(C)cc(NC(=O)C(=O)NCC(O)c2csc3ccccc23)c1. The van der Waals surface area contributed by atoms with Gasteiger partial charge in [0.05, 0.1) is 6.10 Å². The van der Waals surface area contributed by atoms with E-state index >= 15 is 0 Å². The number of aliphatic hydroxyl groups is 1. The van der Waals surface area contributed by atoms with Crippen LogP contribution in [0.5, 0.6) is 0 Å². The molecule has 0 spiro atoms. The summed E-state index contributed by atoms with van der Waals surface area (Å²) in [6.07, 6.45) is -0.871. The van der Waals surface area contributed by atoms with Gasteiger partial charge in [0.2, 0.25) is 0 Å². The summed E-state index contributed by atoms with van der Waals surface area (Å²) in [6, 6.07) is 13.3. The second-order valence-corrected chi connectivity index (χ2v) is 7.15. The maximum Gasteiger partial charge on any atom is 0.313 e. The van der Waals surface area contributed by atoms with Crippen molar-refractivity contribution >= 4 is 38.9 Å². The molecule has 2 amide bonds. The minimum absolute atomic E-state index is 0.0280. The van der Waals surface area contributed by atoms with Crippen LogP contribution in [-0.2, 0) is 9.59 Å². The summed E-state index contributed by atoms with van der Waals surface area (Å²) < 4.78 is 1.07. The van der Waals surface area contributed by atoms with E-state index < -0.39 is 17.9 Å². The molecule has 3 rings (SSSR count). The van der Waals surface area contributed by atoms with Crippen LogP contribution in [0.25, 0.3) is 10.1 Å². The van der Waals surface area contributed by atoms with Gasteiger partial charge in [-0.15, -0.1) is 11.3 Å². The molecule has 2 aromatic carbocycles. The van der Waals surface area contributed by atoms with Crippen molar-refractivity contribution < 1.29 is 14.7 Å². The second-order valence-electron chi connectivity index (χ2n) is 6.24. The third-order valence-electron chi connectivity index (χ3n) is 4.01. The predicted molar refractivity (Wildman–Crippen MR) is 104 cm³/mol. The molecule has 1 unspecified atom stereocenters. The van der Waals surface area contributed by atoms with E-state index in [2.05, 4.69) is 10.6 Å². The number of nitrogens with one attached hydrogen (secondary N) is 2. The molecule has 0 aliphatic heterocycles. The Balaban J connectivity index is 1.60. The molecule has 0 fully saturated rings. The lowest BCUT2D eigenvalue weighted by Gasteiger charge is -2.12. The van der Waals surface area contributed by atoms with E-state index in [0.29, 0.717) is 5.69 Å². The average Bonchev–Trinajstić information content (AvgIpc) is 3.02. The van der Waals surface area contributed by atoms with Crippen LogP contribution in [0.3, 0.4) is 0 Å². The fourth-order valence-electron chi connectivity index (χ4n) is 2.87. The number of carbonyl (C=O) groups is 2. The summed E-state index contributed by atoms with van der Waals surface area (Å²) in [5, 5.41) is 18.3. The van der Waals surface area contributed by atoms with Gasteiger partial charge in [0.15, 0.2) is 0 Å². The second kappa shape index (κ2) is 7.68. The van der Waals surface area contributed by atoms with Gasteiger partial charge in [0, 0.05) is 22.5 Å². The molecule has 1 aromatic heterocycles. The van der Waals surface area contributed by atoms with Gasteiger partial charge in [0.25, 0.3) is 0 Å². The minimum Gasteiger partial charge on any atom is -0.387 e. The molecule has 0 aliphatic rings. The number of anilines is 1. The highest BCUT2D eigenvalue weighted by molar-refractivity contribution is 7.17. The standard InChI is InChI=1S/C20H20N2O3S/c1-12-7-13(2)9-14(8-12)22-20(25)19(24)21-10-17(23)16-11-26-18-6-4-3-5-15(16)18/h3-9,11,17,23H,10H2,1-2H3,(H,21,24)(H,22,25). The van der Waals surface area contributed by atoms with Crippen LogP contribution < -0.4 is 10.6 Å². The van der Waals surface area contributed by atoms with Gasteiger partial charge in [-0.3, -0.25) is 9.59 Å². The number of hydrogen-bond donors (Lipinski definition) is 3. The lowest BCUT2D eigenvalue weighted by atomic mass is 10.1. The zero-order valence-corrected chi connectivity index (χ0v) is 15.4. The Bertz CT molecular complexity index is 944. The van der Waals surface area contributed by atoms with Crippen LogP contribution in [0.15, 0.2) is 47.8 Å². The molecule has 0 saturated heterocycles. The molecule has 3 aromatic rings. The molecule has 1 heterocycles. The number of thiophene rings is 1. The molecule has 0 aliphatic carbocycles. The highest BCUT2D eigenvalue weighted by atomic mass is 32.1. The van der Waals surface area contributed by atoms with Gasteiger partial charge < -0.3 is 15.7 Å². The van der Waals surface area contributed by atoms with Gasteiger partial charge in [-0.1, -0.05) is 24.3 Å². The summed E-state index contributed by atoms with van der Waals surface area (Å²) in [5.41, 5.74) is 3.33. The van der Waals surface area contributed by atoms with Crippen molar-refractivity contribution in [2.75, 3.05) is 11.9 Å². The maximum absolute atomic E-state index is 12.0. The summed E-state index contributed by atoms with van der Waals surface area (Å²) in [7, 11) is 0. The van der Waals surface area contributed by atoms with E-state index in [-0.39, 0.29) is 6.54 Å². The molecule has 0 radical (unpaired) electrons. The number of benzene rings is 2. The average molecular weight is 368 g/mol. The number of hydrogen-bond acceptors (Lipinski definition) is 4. The van der Waals surface area contributed by atoms with Crippen molar-refractivity contribution in [2.24, 2.45) is 0 Å². The van der Waals surface area contributed by atoms with E-state index in [4.69, 9.17) is 0 Å². The molecule has 5 nitrogen and oxygen atoms in total. The zero-order valence-electron chi connectivity index (χ0n) is 14.6. The van der Waals surface area contributed by atoms with Crippen LogP contribution in [0.2, 0.25) is 0 Å². The van der Waals surface area contributed by atoms with Gasteiger partial charge in [0.1, 0.15) is 0 Å². The van der Waals surface area contributed by atoms with E-state index in [1.54, 1.807) is 12.1 Å². The normalized spacial score (nSPS) is 12.0. The quantitative estimate of drug-likeness (QED) is 0.618. The third-order valence-corrected chi connectivity index (χ3v) is 4.99. The van der Waals surface area contributed by atoms with Crippen LogP contribution in [0, 0.1) is 13.8 Å². The highest BCUT2D eigenvalue weighted by Gasteiger charge is 2.18. The first-order chi connectivity index (χ1) is 12.4. The van der Waals surface area contributed by atoms with Crippen LogP contribution in [0.4, 0.5) is 5.69 Å². The molecule has 1 atom stereocenters. The summed E-state index contributed by atoms with van der Waals surface area (Å²) in [4.78, 5) is 24.1. The van der Waals surface area contributed by atoms with Crippen molar-refractivity contribution in [3.05, 3.63) is 64.5 Å². The Hall–Kier alpha value is -2.70. The summed E-state index contributed by atoms with van der Waals surface area (Å²) >= 11 is 1.54. The lowest BCUT2D eigenvalue weighted by molar-refractivity contribution is -0.136. The monoisotopic (exact) mass is 368 g/mol. The molecule has 0 bridgehead atoms. The maximum atomic E-state index is 12.0. The zero-order chi connectivity index (χ0) is 18.7. The van der Waals surface area contributed by atoms with Crippen molar-refractivity contribution in [3.8, 4) is 0 Å². The smallest absolute Gasteiger partial charge is 0.313 e. The Morgan fingerprint density at radius 3 is 2.50 bits per heavy atom. The van der Waals surface area contributed by atoms with Gasteiger partial charge in [-0.2, -0.15) is 0 Å².